The summed E-state index contributed by atoms with van der Waals surface area (Å²) >= 11 is 0. The molecule has 0 spiro atoms. The highest BCUT2D eigenvalue weighted by Gasteiger charge is 2.22. The summed E-state index contributed by atoms with van der Waals surface area (Å²) < 4.78 is 12.9. The van der Waals surface area contributed by atoms with Crippen LogP contribution in [0, 0.1) is 11.7 Å². The standard InChI is InChI=1S/C14H16FN3/c15-11-6-4-10(5-7-11)13-12(17-18-14(13)16)8-9-2-1-3-9/h4-7,9H,1-3,8H2,(H3,16,17,18). The van der Waals surface area contributed by atoms with E-state index in [1.54, 1.807) is 12.1 Å². The van der Waals surface area contributed by atoms with E-state index in [1.165, 1.54) is 31.4 Å². The van der Waals surface area contributed by atoms with Crippen LogP contribution < -0.4 is 5.73 Å². The molecule has 0 atom stereocenters. The Hall–Kier alpha value is -1.84. The Morgan fingerprint density at radius 3 is 2.61 bits per heavy atom. The number of rotatable bonds is 3. The van der Waals surface area contributed by atoms with Crippen molar-refractivity contribution in [1.29, 1.82) is 0 Å². The number of hydrogen-bond donors (Lipinski definition) is 2. The third-order valence-corrected chi connectivity index (χ3v) is 3.72. The Labute approximate surface area is 105 Å². The van der Waals surface area contributed by atoms with Crippen molar-refractivity contribution in [3.05, 3.63) is 35.8 Å². The van der Waals surface area contributed by atoms with Gasteiger partial charge in [0.25, 0.3) is 0 Å². The highest BCUT2D eigenvalue weighted by Crippen LogP contribution is 2.34. The highest BCUT2D eigenvalue weighted by atomic mass is 19.1. The molecule has 1 aliphatic carbocycles. The van der Waals surface area contributed by atoms with Crippen LogP contribution in [0.5, 0.6) is 0 Å². The van der Waals surface area contributed by atoms with Gasteiger partial charge in [0.2, 0.25) is 0 Å². The van der Waals surface area contributed by atoms with E-state index in [0.717, 1.165) is 29.2 Å². The van der Waals surface area contributed by atoms with Crippen LogP contribution in [-0.4, -0.2) is 10.2 Å². The molecule has 1 saturated carbocycles. The minimum atomic E-state index is -0.235. The number of anilines is 1. The van der Waals surface area contributed by atoms with Gasteiger partial charge in [0, 0.05) is 11.3 Å². The minimum Gasteiger partial charge on any atom is -0.382 e. The van der Waals surface area contributed by atoms with Crippen LogP contribution in [0.25, 0.3) is 11.1 Å². The molecule has 0 saturated heterocycles. The van der Waals surface area contributed by atoms with Crippen LogP contribution in [0.2, 0.25) is 0 Å². The summed E-state index contributed by atoms with van der Waals surface area (Å²) in [5.41, 5.74) is 8.84. The molecule has 0 aliphatic heterocycles. The van der Waals surface area contributed by atoms with Gasteiger partial charge in [-0.25, -0.2) is 4.39 Å². The topological polar surface area (TPSA) is 54.7 Å². The van der Waals surface area contributed by atoms with E-state index < -0.39 is 0 Å². The summed E-state index contributed by atoms with van der Waals surface area (Å²) in [4.78, 5) is 0. The number of aromatic nitrogens is 2. The molecule has 0 amide bonds. The Morgan fingerprint density at radius 1 is 1.28 bits per heavy atom. The van der Waals surface area contributed by atoms with Crippen molar-refractivity contribution < 1.29 is 4.39 Å². The van der Waals surface area contributed by atoms with Gasteiger partial charge in [0.05, 0.1) is 0 Å². The van der Waals surface area contributed by atoms with Gasteiger partial charge in [-0.15, -0.1) is 0 Å². The van der Waals surface area contributed by atoms with E-state index in [9.17, 15) is 4.39 Å². The summed E-state index contributed by atoms with van der Waals surface area (Å²) in [5, 5.41) is 7.10. The molecule has 94 valence electrons. The van der Waals surface area contributed by atoms with Crippen molar-refractivity contribution in [2.24, 2.45) is 5.92 Å². The van der Waals surface area contributed by atoms with Crippen LogP contribution in [0.3, 0.4) is 0 Å². The number of hydrogen-bond acceptors (Lipinski definition) is 2. The lowest BCUT2D eigenvalue weighted by Crippen LogP contribution is -2.14. The number of nitrogens with one attached hydrogen (secondary N) is 1. The molecule has 1 aromatic heterocycles. The number of nitrogen functional groups attached to an aromatic ring is 1. The van der Waals surface area contributed by atoms with E-state index in [1.807, 2.05) is 0 Å². The maximum Gasteiger partial charge on any atom is 0.153 e. The maximum absolute atomic E-state index is 12.9. The monoisotopic (exact) mass is 245 g/mol. The average Bonchev–Trinajstić information content (AvgIpc) is 2.67. The van der Waals surface area contributed by atoms with Gasteiger partial charge in [-0.1, -0.05) is 31.4 Å². The molecule has 1 aliphatic rings. The first-order valence-electron chi connectivity index (χ1n) is 6.32. The van der Waals surface area contributed by atoms with Gasteiger partial charge >= 0.3 is 0 Å². The molecule has 0 unspecified atom stereocenters. The molecule has 3 nitrogen and oxygen atoms in total. The molecular formula is C14H16FN3. The fourth-order valence-electron chi connectivity index (χ4n) is 2.47. The van der Waals surface area contributed by atoms with E-state index >= 15 is 0 Å². The number of halogens is 1. The molecule has 0 bridgehead atoms. The smallest absolute Gasteiger partial charge is 0.153 e. The Balaban J connectivity index is 1.94. The highest BCUT2D eigenvalue weighted by molar-refractivity contribution is 5.76. The average molecular weight is 245 g/mol. The SMILES string of the molecule is Nc1n[nH]c(CC2CCC2)c1-c1ccc(F)cc1. The largest absolute Gasteiger partial charge is 0.382 e. The zero-order valence-electron chi connectivity index (χ0n) is 10.1. The normalized spacial score (nSPS) is 15.6. The molecule has 1 fully saturated rings. The predicted molar refractivity (Wildman–Crippen MR) is 69.4 cm³/mol. The first-order valence-corrected chi connectivity index (χ1v) is 6.32. The van der Waals surface area contributed by atoms with Crippen molar-refractivity contribution in [1.82, 2.24) is 10.2 Å². The van der Waals surface area contributed by atoms with Crippen LogP contribution in [-0.2, 0) is 6.42 Å². The molecule has 3 N–H and O–H groups in total. The number of benzene rings is 1. The first-order chi connectivity index (χ1) is 8.74. The van der Waals surface area contributed by atoms with E-state index in [-0.39, 0.29) is 5.82 Å². The Bertz CT molecular complexity index is 541. The van der Waals surface area contributed by atoms with Crippen molar-refractivity contribution in [2.45, 2.75) is 25.7 Å². The van der Waals surface area contributed by atoms with Crippen molar-refractivity contribution in [2.75, 3.05) is 5.73 Å². The summed E-state index contributed by atoms with van der Waals surface area (Å²) in [6.07, 6.45) is 4.86. The zero-order valence-corrected chi connectivity index (χ0v) is 10.1. The fourth-order valence-corrected chi connectivity index (χ4v) is 2.47. The molecule has 1 heterocycles. The quantitative estimate of drug-likeness (QED) is 0.872. The van der Waals surface area contributed by atoms with Gasteiger partial charge in [-0.05, 0) is 30.0 Å². The van der Waals surface area contributed by atoms with Gasteiger partial charge in [-0.3, -0.25) is 5.10 Å². The lowest BCUT2D eigenvalue weighted by atomic mass is 9.81. The zero-order chi connectivity index (χ0) is 12.5. The van der Waals surface area contributed by atoms with Crippen molar-refractivity contribution >= 4 is 5.82 Å². The molecule has 0 radical (unpaired) electrons. The number of nitrogens with zero attached hydrogens (tertiary/aromatic N) is 1. The minimum absolute atomic E-state index is 0.235. The Kier molecular flexibility index (Phi) is 2.78. The first kappa shape index (κ1) is 11.3. The fraction of sp³-hybridized carbons (Fsp3) is 0.357. The lowest BCUT2D eigenvalue weighted by Gasteiger charge is -2.24. The number of nitrogens with two attached hydrogens (primary N) is 1. The lowest BCUT2D eigenvalue weighted by molar-refractivity contribution is 0.312. The second kappa shape index (κ2) is 4.44. The maximum atomic E-state index is 12.9. The van der Waals surface area contributed by atoms with E-state index in [2.05, 4.69) is 10.2 Å². The number of H-pyrrole nitrogens is 1. The molecule has 2 aromatic rings. The summed E-state index contributed by atoms with van der Waals surface area (Å²) in [5.74, 6) is 1.00. The summed E-state index contributed by atoms with van der Waals surface area (Å²) in [7, 11) is 0. The second-order valence-corrected chi connectivity index (χ2v) is 4.97. The van der Waals surface area contributed by atoms with Crippen molar-refractivity contribution in [3.63, 3.8) is 0 Å². The molecule has 1 aromatic carbocycles. The summed E-state index contributed by atoms with van der Waals surface area (Å²) in [6.45, 7) is 0. The van der Waals surface area contributed by atoms with Crippen LogP contribution >= 0.6 is 0 Å². The van der Waals surface area contributed by atoms with Crippen molar-refractivity contribution in [3.8, 4) is 11.1 Å². The van der Waals surface area contributed by atoms with Crippen LogP contribution in [0.1, 0.15) is 25.0 Å². The summed E-state index contributed by atoms with van der Waals surface area (Å²) in [6, 6.07) is 6.41. The van der Waals surface area contributed by atoms with Gasteiger partial charge < -0.3 is 5.73 Å². The van der Waals surface area contributed by atoms with Gasteiger partial charge in [0.15, 0.2) is 5.82 Å². The van der Waals surface area contributed by atoms with Gasteiger partial charge in [-0.2, -0.15) is 5.10 Å². The third-order valence-electron chi connectivity index (χ3n) is 3.72. The van der Waals surface area contributed by atoms with E-state index in [0.29, 0.717) is 5.82 Å². The molecule has 4 heteroatoms. The Morgan fingerprint density at radius 2 is 2.00 bits per heavy atom. The van der Waals surface area contributed by atoms with Gasteiger partial charge in [0.1, 0.15) is 5.82 Å². The van der Waals surface area contributed by atoms with E-state index in [4.69, 9.17) is 5.73 Å². The molecule has 3 rings (SSSR count). The van der Waals surface area contributed by atoms with Crippen LogP contribution in [0.15, 0.2) is 24.3 Å². The number of aromatic amines is 1. The molecular weight excluding hydrogens is 229 g/mol. The predicted octanol–water partition coefficient (Wildman–Crippen LogP) is 3.14. The second-order valence-electron chi connectivity index (χ2n) is 4.97. The van der Waals surface area contributed by atoms with Crippen LogP contribution in [0.4, 0.5) is 10.2 Å². The molecule has 18 heavy (non-hydrogen) atoms. The third kappa shape index (κ3) is 1.98.